The lowest BCUT2D eigenvalue weighted by Gasteiger charge is -2.01. The molecule has 5 nitrogen and oxygen atoms in total. The van der Waals surface area contributed by atoms with Crippen LogP contribution in [-0.2, 0) is 23.8 Å². The largest absolute Gasteiger partial charge is 0.442 e. The molecule has 0 N–H and O–H groups in total. The molecule has 2 aliphatic rings. The van der Waals surface area contributed by atoms with Crippen molar-refractivity contribution in [2.45, 2.75) is 168 Å². The summed E-state index contributed by atoms with van der Waals surface area (Å²) in [5.74, 6) is -0.573. The number of ether oxygens (including phenoxy) is 3. The Bertz CT molecular complexity index is 930. The second kappa shape index (κ2) is 26.4. The Morgan fingerprint density at radius 1 is 0.467 bits per heavy atom. The van der Waals surface area contributed by atoms with Gasteiger partial charge in [0.05, 0.1) is 0 Å². The first-order valence-electron chi connectivity index (χ1n) is 18.4. The lowest BCUT2D eigenvalue weighted by atomic mass is 10.1. The first kappa shape index (κ1) is 38.4. The third-order valence-electron chi connectivity index (χ3n) is 8.28. The van der Waals surface area contributed by atoms with Gasteiger partial charge in [-0.15, -0.1) is 0 Å². The summed E-state index contributed by atoms with van der Waals surface area (Å²) in [6.45, 7) is 4.53. The number of unbranched alkanes of at least 4 members (excludes halogenated alkanes) is 22. The maximum absolute atomic E-state index is 12.1. The van der Waals surface area contributed by atoms with E-state index in [-0.39, 0.29) is 11.5 Å². The molecule has 0 amide bonds. The van der Waals surface area contributed by atoms with Gasteiger partial charge in [0, 0.05) is 0 Å². The van der Waals surface area contributed by atoms with Gasteiger partial charge < -0.3 is 14.2 Å². The molecule has 45 heavy (non-hydrogen) atoms. The van der Waals surface area contributed by atoms with E-state index in [1.165, 1.54) is 141 Å². The van der Waals surface area contributed by atoms with Crippen molar-refractivity contribution in [1.29, 1.82) is 0 Å². The van der Waals surface area contributed by atoms with Crippen LogP contribution >= 0.6 is 0 Å². The average Bonchev–Trinajstić information content (AvgIpc) is 3.97. The maximum Gasteiger partial charge on any atom is 0.386 e. The van der Waals surface area contributed by atoms with Gasteiger partial charge in [0.25, 0.3) is 11.5 Å². The van der Waals surface area contributed by atoms with E-state index < -0.39 is 11.9 Å². The van der Waals surface area contributed by atoms with Crippen LogP contribution in [0.1, 0.15) is 168 Å². The van der Waals surface area contributed by atoms with Crippen molar-refractivity contribution in [2.24, 2.45) is 0 Å². The number of carbonyl (C=O) groups is 2. The van der Waals surface area contributed by atoms with Crippen LogP contribution in [0.3, 0.4) is 0 Å². The van der Waals surface area contributed by atoms with Gasteiger partial charge in [0.1, 0.15) is 0 Å². The van der Waals surface area contributed by atoms with E-state index >= 15 is 0 Å². The van der Waals surface area contributed by atoms with E-state index in [2.05, 4.69) is 26.0 Å². The Morgan fingerprint density at radius 2 is 0.778 bits per heavy atom. The summed E-state index contributed by atoms with van der Waals surface area (Å²) in [6, 6.07) is 0. The molecule has 2 heterocycles. The van der Waals surface area contributed by atoms with Crippen molar-refractivity contribution in [1.82, 2.24) is 0 Å². The number of hydrogen-bond donors (Lipinski definition) is 0. The number of carbonyl (C=O) groups excluding carboxylic acids is 2. The van der Waals surface area contributed by atoms with Crippen molar-refractivity contribution in [2.75, 3.05) is 0 Å². The number of hydrogen-bond acceptors (Lipinski definition) is 5. The second-order valence-corrected chi connectivity index (χ2v) is 12.5. The SMILES string of the molecule is CCCCCCCCCCCCCC=CC=CC1=C(C(=O)OC(=O)C2=C(C=CC=CCCCCCCCCCCCCC)O2)O1. The molecule has 0 atom stereocenters. The molecule has 0 unspecified atom stereocenters. The highest BCUT2D eigenvalue weighted by Gasteiger charge is 2.38. The Balaban J connectivity index is 1.45. The fourth-order valence-corrected chi connectivity index (χ4v) is 5.34. The Kier molecular flexibility index (Phi) is 22.5. The molecular weight excluding hydrogens is 560 g/mol. The van der Waals surface area contributed by atoms with E-state index in [1.54, 1.807) is 12.2 Å². The van der Waals surface area contributed by atoms with Gasteiger partial charge in [-0.1, -0.05) is 179 Å². The highest BCUT2D eigenvalue weighted by atomic mass is 16.7. The van der Waals surface area contributed by atoms with E-state index in [1.807, 2.05) is 24.3 Å². The van der Waals surface area contributed by atoms with Crippen LogP contribution in [-0.4, -0.2) is 11.9 Å². The highest BCUT2D eigenvalue weighted by molar-refractivity contribution is 6.03. The molecule has 0 saturated carbocycles. The molecule has 0 aromatic carbocycles. The van der Waals surface area contributed by atoms with Crippen LogP contribution in [0.2, 0.25) is 0 Å². The topological polar surface area (TPSA) is 68.4 Å². The van der Waals surface area contributed by atoms with Crippen LogP contribution in [0.5, 0.6) is 0 Å². The van der Waals surface area contributed by atoms with Gasteiger partial charge in [-0.3, -0.25) is 0 Å². The van der Waals surface area contributed by atoms with Crippen LogP contribution in [0.25, 0.3) is 0 Å². The molecule has 5 heteroatoms. The van der Waals surface area contributed by atoms with E-state index in [9.17, 15) is 9.59 Å². The molecule has 0 aromatic heterocycles. The third kappa shape index (κ3) is 20.8. The molecule has 252 valence electrons. The lowest BCUT2D eigenvalue weighted by Crippen LogP contribution is -2.10. The maximum atomic E-state index is 12.1. The summed E-state index contributed by atoms with van der Waals surface area (Å²) in [5.41, 5.74) is 0. The van der Waals surface area contributed by atoms with Crippen LogP contribution < -0.4 is 0 Å². The number of esters is 2. The van der Waals surface area contributed by atoms with Crippen LogP contribution in [0, 0.1) is 0 Å². The molecule has 0 saturated heterocycles. The highest BCUT2D eigenvalue weighted by Crippen LogP contribution is 2.32. The van der Waals surface area contributed by atoms with E-state index in [0.717, 1.165) is 12.8 Å². The van der Waals surface area contributed by atoms with E-state index in [0.29, 0.717) is 11.5 Å². The summed E-state index contributed by atoms with van der Waals surface area (Å²) in [4.78, 5) is 24.3. The molecule has 2 rings (SSSR count). The second-order valence-electron chi connectivity index (χ2n) is 12.5. The zero-order valence-electron chi connectivity index (χ0n) is 28.6. The predicted molar refractivity (Wildman–Crippen MR) is 186 cm³/mol. The van der Waals surface area contributed by atoms with Gasteiger partial charge in [0.15, 0.2) is 11.5 Å². The van der Waals surface area contributed by atoms with Crippen molar-refractivity contribution in [3.05, 3.63) is 71.6 Å². The summed E-state index contributed by atoms with van der Waals surface area (Å²) in [7, 11) is 0. The summed E-state index contributed by atoms with van der Waals surface area (Å²) in [6.07, 6.45) is 47.0. The fraction of sp³-hybridized carbons (Fsp3) is 0.650. The monoisotopic (exact) mass is 622 g/mol. The molecular formula is C40H62O5. The minimum Gasteiger partial charge on any atom is -0.442 e. The Morgan fingerprint density at radius 3 is 1.11 bits per heavy atom. The first-order valence-corrected chi connectivity index (χ1v) is 18.4. The van der Waals surface area contributed by atoms with Crippen molar-refractivity contribution >= 4 is 11.9 Å². The van der Waals surface area contributed by atoms with Crippen molar-refractivity contribution < 1.29 is 23.8 Å². The Hall–Kier alpha value is -2.82. The predicted octanol–water partition coefficient (Wildman–Crippen LogP) is 12.2. The molecule has 0 radical (unpaired) electrons. The quantitative estimate of drug-likeness (QED) is 0.0345. The van der Waals surface area contributed by atoms with E-state index in [4.69, 9.17) is 14.2 Å². The van der Waals surface area contributed by atoms with Gasteiger partial charge in [-0.25, -0.2) is 9.59 Å². The van der Waals surface area contributed by atoms with Crippen LogP contribution in [0.4, 0.5) is 0 Å². The van der Waals surface area contributed by atoms with Gasteiger partial charge >= 0.3 is 11.9 Å². The molecule has 0 aliphatic carbocycles. The zero-order chi connectivity index (χ0) is 32.2. The fourth-order valence-electron chi connectivity index (χ4n) is 5.34. The van der Waals surface area contributed by atoms with Crippen molar-refractivity contribution in [3.63, 3.8) is 0 Å². The summed E-state index contributed by atoms with van der Waals surface area (Å²) < 4.78 is 15.3. The summed E-state index contributed by atoms with van der Waals surface area (Å²) >= 11 is 0. The average molecular weight is 623 g/mol. The standard InChI is InChI=1S/C40H62O5/c1-3-5-7-9-11-13-15-17-19-21-23-25-27-29-31-33-35-37(43-35)39(41)45-40(42)38-36(44-38)34-32-30-28-26-24-22-20-18-16-14-12-10-8-6-4-2/h27-34H,3-26H2,1-2H3. The first-order chi connectivity index (χ1) is 22.2. The zero-order valence-corrected chi connectivity index (χ0v) is 28.6. The third-order valence-corrected chi connectivity index (χ3v) is 8.28. The summed E-state index contributed by atoms with van der Waals surface area (Å²) in [5, 5.41) is 0. The smallest absolute Gasteiger partial charge is 0.386 e. The van der Waals surface area contributed by atoms with Gasteiger partial charge in [0.2, 0.25) is 0 Å². The molecule has 2 aliphatic heterocycles. The normalized spacial score (nSPS) is 14.4. The molecule has 0 aromatic rings. The lowest BCUT2D eigenvalue weighted by molar-refractivity contribution is -0.155. The van der Waals surface area contributed by atoms with Gasteiger partial charge in [-0.2, -0.15) is 0 Å². The Labute approximate surface area is 274 Å². The number of allylic oxidation sites excluding steroid dienone is 8. The molecule has 0 spiro atoms. The molecule has 0 bridgehead atoms. The minimum absolute atomic E-state index is 0.0713. The van der Waals surface area contributed by atoms with Crippen molar-refractivity contribution in [3.8, 4) is 0 Å². The molecule has 0 fully saturated rings. The number of rotatable bonds is 30. The minimum atomic E-state index is -0.789. The van der Waals surface area contributed by atoms with Gasteiger partial charge in [-0.05, 0) is 37.8 Å². The van der Waals surface area contributed by atoms with Crippen LogP contribution in [0.15, 0.2) is 71.6 Å².